The van der Waals surface area contributed by atoms with Gasteiger partial charge < -0.3 is 0 Å². The first-order chi connectivity index (χ1) is 6.77. The smallest absolute Gasteiger partial charge is 0.150 e. The minimum atomic E-state index is 0.675. The summed E-state index contributed by atoms with van der Waals surface area (Å²) in [6, 6.07) is 5.62. The second kappa shape index (κ2) is 3.53. The third kappa shape index (κ3) is 1.26. The average molecular weight is 253 g/mol. The molecule has 0 radical (unpaired) electrons. The number of fused-ring (bicyclic) bond motifs is 1. The SMILES string of the molecule is CCn1nc(Br)c2c(C=O)cccc21. The molecule has 4 heteroatoms. The van der Waals surface area contributed by atoms with E-state index in [2.05, 4.69) is 21.0 Å². The highest BCUT2D eigenvalue weighted by Gasteiger charge is 2.10. The maximum Gasteiger partial charge on any atom is 0.150 e. The molecule has 0 unspecified atom stereocenters. The number of aldehydes is 1. The highest BCUT2D eigenvalue weighted by atomic mass is 79.9. The molecule has 0 aliphatic rings. The molecule has 0 N–H and O–H groups in total. The lowest BCUT2D eigenvalue weighted by Gasteiger charge is -1.97. The van der Waals surface area contributed by atoms with E-state index in [1.165, 1.54) is 0 Å². The standard InChI is InChI=1S/C10H9BrN2O/c1-2-13-8-5-3-4-7(6-14)9(8)10(11)12-13/h3-6H,2H2,1H3. The zero-order chi connectivity index (χ0) is 10.1. The lowest BCUT2D eigenvalue weighted by Crippen LogP contribution is -1.95. The van der Waals surface area contributed by atoms with Gasteiger partial charge in [-0.1, -0.05) is 12.1 Å². The van der Waals surface area contributed by atoms with Gasteiger partial charge in [0.15, 0.2) is 6.29 Å². The van der Waals surface area contributed by atoms with E-state index in [-0.39, 0.29) is 0 Å². The summed E-state index contributed by atoms with van der Waals surface area (Å²) >= 11 is 3.36. The number of carbonyl (C=O) groups is 1. The molecule has 0 spiro atoms. The molecule has 0 amide bonds. The number of rotatable bonds is 2. The summed E-state index contributed by atoms with van der Waals surface area (Å²) in [4.78, 5) is 10.8. The van der Waals surface area contributed by atoms with Crippen molar-refractivity contribution in [3.63, 3.8) is 0 Å². The number of benzene rings is 1. The summed E-state index contributed by atoms with van der Waals surface area (Å²) in [6.07, 6.45) is 0.856. The van der Waals surface area contributed by atoms with Crippen molar-refractivity contribution in [1.29, 1.82) is 0 Å². The molecular weight excluding hydrogens is 244 g/mol. The van der Waals surface area contributed by atoms with Gasteiger partial charge >= 0.3 is 0 Å². The molecular formula is C10H9BrN2O. The first kappa shape index (κ1) is 9.40. The minimum absolute atomic E-state index is 0.675. The molecule has 3 nitrogen and oxygen atoms in total. The lowest BCUT2D eigenvalue weighted by atomic mass is 10.1. The Hall–Kier alpha value is -1.16. The molecule has 0 aliphatic carbocycles. The van der Waals surface area contributed by atoms with Crippen molar-refractivity contribution in [1.82, 2.24) is 9.78 Å². The average Bonchev–Trinajstić information content (AvgIpc) is 2.55. The van der Waals surface area contributed by atoms with Gasteiger partial charge in [-0.3, -0.25) is 9.48 Å². The van der Waals surface area contributed by atoms with Gasteiger partial charge in [0.05, 0.1) is 5.52 Å². The molecule has 0 fully saturated rings. The minimum Gasteiger partial charge on any atom is -0.298 e. The number of halogens is 1. The number of nitrogens with zero attached hydrogens (tertiary/aromatic N) is 2. The van der Waals surface area contributed by atoms with E-state index in [0.717, 1.165) is 28.3 Å². The predicted molar refractivity (Wildman–Crippen MR) is 58.5 cm³/mol. The highest BCUT2D eigenvalue weighted by molar-refractivity contribution is 9.10. The highest BCUT2D eigenvalue weighted by Crippen LogP contribution is 2.25. The van der Waals surface area contributed by atoms with E-state index >= 15 is 0 Å². The summed E-state index contributed by atoms with van der Waals surface area (Å²) in [5.74, 6) is 0. The number of hydrogen-bond acceptors (Lipinski definition) is 2. The quantitative estimate of drug-likeness (QED) is 0.771. The number of carbonyl (C=O) groups excluding carboxylic acids is 1. The van der Waals surface area contributed by atoms with E-state index in [4.69, 9.17) is 0 Å². The largest absolute Gasteiger partial charge is 0.298 e. The van der Waals surface area contributed by atoms with E-state index in [0.29, 0.717) is 5.56 Å². The summed E-state index contributed by atoms with van der Waals surface area (Å²) in [6.45, 7) is 2.82. The molecule has 0 atom stereocenters. The summed E-state index contributed by atoms with van der Waals surface area (Å²) in [7, 11) is 0. The van der Waals surface area contributed by atoms with Crippen LogP contribution < -0.4 is 0 Å². The summed E-state index contributed by atoms with van der Waals surface area (Å²) in [5, 5.41) is 5.18. The van der Waals surface area contributed by atoms with E-state index in [9.17, 15) is 4.79 Å². The molecule has 14 heavy (non-hydrogen) atoms. The predicted octanol–water partition coefficient (Wildman–Crippen LogP) is 2.63. The Morgan fingerprint density at radius 2 is 2.36 bits per heavy atom. The van der Waals surface area contributed by atoms with Crippen LogP contribution in [0.15, 0.2) is 22.8 Å². The Morgan fingerprint density at radius 1 is 1.57 bits per heavy atom. The van der Waals surface area contributed by atoms with Gasteiger partial charge in [0, 0.05) is 17.5 Å². The monoisotopic (exact) mass is 252 g/mol. The number of aryl methyl sites for hydroxylation is 1. The molecule has 1 aromatic carbocycles. The zero-order valence-electron chi connectivity index (χ0n) is 7.70. The van der Waals surface area contributed by atoms with Crippen molar-refractivity contribution < 1.29 is 4.79 Å². The van der Waals surface area contributed by atoms with Crippen molar-refractivity contribution in [3.05, 3.63) is 28.4 Å². The van der Waals surface area contributed by atoms with Gasteiger partial charge in [0.1, 0.15) is 4.60 Å². The number of hydrogen-bond donors (Lipinski definition) is 0. The molecule has 1 aromatic heterocycles. The van der Waals surface area contributed by atoms with Crippen LogP contribution >= 0.6 is 15.9 Å². The fourth-order valence-electron chi connectivity index (χ4n) is 1.55. The van der Waals surface area contributed by atoms with Gasteiger partial charge in [-0.15, -0.1) is 0 Å². The number of aromatic nitrogens is 2. The molecule has 72 valence electrons. The summed E-state index contributed by atoms with van der Waals surface area (Å²) < 4.78 is 2.60. The Bertz CT molecular complexity index is 490. The van der Waals surface area contributed by atoms with Gasteiger partial charge in [-0.2, -0.15) is 5.10 Å². The maximum atomic E-state index is 10.8. The van der Waals surface area contributed by atoms with Crippen LogP contribution in [0, 0.1) is 0 Å². The second-order valence-electron chi connectivity index (χ2n) is 2.97. The topological polar surface area (TPSA) is 34.9 Å². The third-order valence-corrected chi connectivity index (χ3v) is 2.75. The fourth-order valence-corrected chi connectivity index (χ4v) is 2.17. The van der Waals surface area contributed by atoms with Gasteiger partial charge in [0.25, 0.3) is 0 Å². The van der Waals surface area contributed by atoms with Crippen molar-refractivity contribution in [2.75, 3.05) is 0 Å². The van der Waals surface area contributed by atoms with Crippen LogP contribution in [0.3, 0.4) is 0 Å². The van der Waals surface area contributed by atoms with E-state index in [1.807, 2.05) is 23.7 Å². The van der Waals surface area contributed by atoms with Gasteiger partial charge in [-0.05, 0) is 28.9 Å². The van der Waals surface area contributed by atoms with Gasteiger partial charge in [0.2, 0.25) is 0 Å². The molecule has 0 saturated carbocycles. The van der Waals surface area contributed by atoms with Crippen molar-refractivity contribution >= 4 is 33.1 Å². The van der Waals surface area contributed by atoms with Gasteiger partial charge in [-0.25, -0.2) is 0 Å². The van der Waals surface area contributed by atoms with E-state index in [1.54, 1.807) is 6.07 Å². The first-order valence-corrected chi connectivity index (χ1v) is 5.17. The summed E-state index contributed by atoms with van der Waals surface area (Å²) in [5.41, 5.74) is 1.66. The first-order valence-electron chi connectivity index (χ1n) is 4.38. The maximum absolute atomic E-state index is 10.8. The Balaban J connectivity index is 2.87. The second-order valence-corrected chi connectivity index (χ2v) is 3.72. The normalized spacial score (nSPS) is 10.7. The zero-order valence-corrected chi connectivity index (χ0v) is 9.28. The van der Waals surface area contributed by atoms with Crippen LogP contribution in [0.25, 0.3) is 10.9 Å². The molecule has 2 aromatic rings. The van der Waals surface area contributed by atoms with Crippen LogP contribution in [0.5, 0.6) is 0 Å². The Morgan fingerprint density at radius 3 is 3.00 bits per heavy atom. The molecule has 0 saturated heterocycles. The van der Waals surface area contributed by atoms with Crippen LogP contribution in [-0.4, -0.2) is 16.1 Å². The van der Waals surface area contributed by atoms with Crippen LogP contribution in [0.2, 0.25) is 0 Å². The van der Waals surface area contributed by atoms with Crippen LogP contribution in [0.4, 0.5) is 0 Å². The molecule has 0 bridgehead atoms. The molecule has 2 rings (SSSR count). The third-order valence-electron chi connectivity index (χ3n) is 2.19. The van der Waals surface area contributed by atoms with Crippen molar-refractivity contribution in [3.8, 4) is 0 Å². The molecule has 1 heterocycles. The fraction of sp³-hybridized carbons (Fsp3) is 0.200. The Kier molecular flexibility index (Phi) is 2.37. The molecule has 0 aliphatic heterocycles. The van der Waals surface area contributed by atoms with Crippen LogP contribution in [-0.2, 0) is 6.54 Å². The lowest BCUT2D eigenvalue weighted by molar-refractivity contribution is 0.112. The van der Waals surface area contributed by atoms with Crippen LogP contribution in [0.1, 0.15) is 17.3 Å². The van der Waals surface area contributed by atoms with Crippen molar-refractivity contribution in [2.24, 2.45) is 0 Å². The Labute approximate surface area is 89.8 Å². The van der Waals surface area contributed by atoms with Crippen molar-refractivity contribution in [2.45, 2.75) is 13.5 Å². The van der Waals surface area contributed by atoms with E-state index < -0.39 is 0 Å².